The minimum Gasteiger partial charge on any atom is -0.390 e. The van der Waals surface area contributed by atoms with Crippen LogP contribution in [0.15, 0.2) is 12.3 Å². The van der Waals surface area contributed by atoms with Crippen LogP contribution >= 0.6 is 11.6 Å². The lowest BCUT2D eigenvalue weighted by molar-refractivity contribution is -0.154. The maximum absolute atomic E-state index is 13.9. The van der Waals surface area contributed by atoms with Crippen LogP contribution in [0.4, 0.5) is 10.1 Å². The van der Waals surface area contributed by atoms with Gasteiger partial charge in [-0.1, -0.05) is 11.6 Å². The number of carbonyl (C=O) groups is 1. The topological polar surface area (TPSA) is 94.5 Å². The van der Waals surface area contributed by atoms with E-state index in [1.807, 2.05) is 6.92 Å². The van der Waals surface area contributed by atoms with Crippen molar-refractivity contribution in [2.24, 2.45) is 5.41 Å². The molecular formula is C19H27ClFN3O3. The highest BCUT2D eigenvalue weighted by molar-refractivity contribution is 6.29. The van der Waals surface area contributed by atoms with Crippen LogP contribution in [0.3, 0.4) is 0 Å². The molecule has 0 aliphatic heterocycles. The number of rotatable bonds is 6. The highest BCUT2D eigenvalue weighted by Gasteiger charge is 2.57. The number of nitrogens with zero attached hydrogens (tertiary/aromatic N) is 1. The molecule has 2 saturated carbocycles. The number of pyridine rings is 1. The third-order valence-electron chi connectivity index (χ3n) is 5.55. The fourth-order valence-electron chi connectivity index (χ4n) is 4.42. The lowest BCUT2D eigenvalue weighted by Gasteiger charge is -2.60. The monoisotopic (exact) mass is 399 g/mol. The summed E-state index contributed by atoms with van der Waals surface area (Å²) in [7, 11) is 0. The van der Waals surface area contributed by atoms with Crippen molar-refractivity contribution in [1.82, 2.24) is 10.3 Å². The SMILES string of the molecule is CC1(O)CC2(CC(Nc3cc(Cl)ncc3C(=O)NCC(F)C(C)(C)O)C2)C1. The third kappa shape index (κ3) is 4.52. The molecule has 0 saturated heterocycles. The molecule has 1 spiro atoms. The number of aromatic nitrogens is 1. The summed E-state index contributed by atoms with van der Waals surface area (Å²) >= 11 is 5.98. The van der Waals surface area contributed by atoms with Gasteiger partial charge in [-0.3, -0.25) is 4.79 Å². The Balaban J connectivity index is 1.61. The summed E-state index contributed by atoms with van der Waals surface area (Å²) in [5, 5.41) is 25.7. The van der Waals surface area contributed by atoms with Gasteiger partial charge >= 0.3 is 0 Å². The molecule has 1 aromatic rings. The number of anilines is 1. The molecule has 2 fully saturated rings. The minimum atomic E-state index is -1.59. The van der Waals surface area contributed by atoms with Gasteiger partial charge in [0.05, 0.1) is 29.0 Å². The van der Waals surface area contributed by atoms with E-state index in [-0.39, 0.29) is 28.7 Å². The molecule has 0 radical (unpaired) electrons. The second-order valence-electron chi connectivity index (χ2n) is 8.98. The molecule has 1 atom stereocenters. The summed E-state index contributed by atoms with van der Waals surface area (Å²) in [5.41, 5.74) is -1.05. The summed E-state index contributed by atoms with van der Waals surface area (Å²) in [5.74, 6) is -0.478. The van der Waals surface area contributed by atoms with Gasteiger partial charge in [-0.25, -0.2) is 9.37 Å². The standard InChI is InChI=1S/C19H27ClFN3O3/c1-17(2,26)14(21)8-23-16(25)12-7-22-15(20)4-13(12)24-11-5-19(6-11)9-18(3,27)10-19/h4,7,11,14,26-27H,5-6,8-10H2,1-3H3,(H,22,24)(H,23,25). The minimum absolute atomic E-state index is 0.191. The maximum atomic E-state index is 13.9. The van der Waals surface area contributed by atoms with Gasteiger partial charge in [0.1, 0.15) is 11.3 Å². The molecule has 2 aliphatic rings. The van der Waals surface area contributed by atoms with Crippen LogP contribution in [-0.2, 0) is 0 Å². The smallest absolute Gasteiger partial charge is 0.255 e. The summed E-state index contributed by atoms with van der Waals surface area (Å²) in [6.45, 7) is 4.26. The second-order valence-corrected chi connectivity index (χ2v) is 9.37. The molecule has 1 amide bonds. The number of aliphatic hydroxyl groups is 2. The van der Waals surface area contributed by atoms with Crippen molar-refractivity contribution in [2.75, 3.05) is 11.9 Å². The number of hydrogen-bond acceptors (Lipinski definition) is 5. The molecule has 8 heteroatoms. The molecule has 6 nitrogen and oxygen atoms in total. The van der Waals surface area contributed by atoms with Gasteiger partial charge in [0.25, 0.3) is 5.91 Å². The van der Waals surface area contributed by atoms with Crippen LogP contribution in [0.1, 0.15) is 56.8 Å². The van der Waals surface area contributed by atoms with Crippen LogP contribution < -0.4 is 10.6 Å². The Kier molecular flexibility index (Phi) is 5.16. The molecule has 3 rings (SSSR count). The van der Waals surface area contributed by atoms with Gasteiger partial charge in [0.15, 0.2) is 0 Å². The molecule has 0 aromatic carbocycles. The fraction of sp³-hybridized carbons (Fsp3) is 0.684. The summed E-state index contributed by atoms with van der Waals surface area (Å²) in [4.78, 5) is 16.4. The van der Waals surface area contributed by atoms with E-state index < -0.39 is 23.3 Å². The van der Waals surface area contributed by atoms with E-state index in [0.717, 1.165) is 25.7 Å². The number of hydrogen-bond donors (Lipinski definition) is 4. The van der Waals surface area contributed by atoms with Gasteiger partial charge in [0, 0.05) is 12.2 Å². The fourth-order valence-corrected chi connectivity index (χ4v) is 4.58. The Bertz CT molecular complexity index is 719. The van der Waals surface area contributed by atoms with Crippen molar-refractivity contribution in [3.8, 4) is 0 Å². The highest BCUT2D eigenvalue weighted by Crippen LogP contribution is 2.60. The molecule has 1 aromatic heterocycles. The molecule has 0 bridgehead atoms. The van der Waals surface area contributed by atoms with E-state index in [9.17, 15) is 19.4 Å². The largest absolute Gasteiger partial charge is 0.390 e. The Morgan fingerprint density at radius 1 is 1.48 bits per heavy atom. The first kappa shape index (κ1) is 20.3. The van der Waals surface area contributed by atoms with Crippen LogP contribution in [0.2, 0.25) is 5.15 Å². The van der Waals surface area contributed by atoms with E-state index >= 15 is 0 Å². The number of nitrogens with one attached hydrogen (secondary N) is 2. The summed E-state index contributed by atoms with van der Waals surface area (Å²) < 4.78 is 13.9. The van der Waals surface area contributed by atoms with Crippen molar-refractivity contribution in [3.05, 3.63) is 23.0 Å². The van der Waals surface area contributed by atoms with E-state index in [1.54, 1.807) is 6.07 Å². The van der Waals surface area contributed by atoms with Gasteiger partial charge in [-0.2, -0.15) is 0 Å². The van der Waals surface area contributed by atoms with Crippen LogP contribution in [0.25, 0.3) is 0 Å². The highest BCUT2D eigenvalue weighted by atomic mass is 35.5. The molecule has 1 heterocycles. The molecule has 1 unspecified atom stereocenters. The van der Waals surface area contributed by atoms with Crippen molar-refractivity contribution >= 4 is 23.2 Å². The average molecular weight is 400 g/mol. The van der Waals surface area contributed by atoms with Crippen LogP contribution in [0, 0.1) is 5.41 Å². The lowest BCUT2D eigenvalue weighted by Crippen LogP contribution is -2.59. The first-order valence-electron chi connectivity index (χ1n) is 9.18. The Morgan fingerprint density at radius 2 is 2.11 bits per heavy atom. The maximum Gasteiger partial charge on any atom is 0.255 e. The van der Waals surface area contributed by atoms with E-state index in [0.29, 0.717) is 5.69 Å². The van der Waals surface area contributed by atoms with Crippen molar-refractivity contribution in [3.63, 3.8) is 0 Å². The third-order valence-corrected chi connectivity index (χ3v) is 5.76. The zero-order chi connectivity index (χ0) is 20.0. The van der Waals surface area contributed by atoms with E-state index in [4.69, 9.17) is 11.6 Å². The molecule has 4 N–H and O–H groups in total. The summed E-state index contributed by atoms with van der Waals surface area (Å²) in [6.07, 6.45) is 3.23. The van der Waals surface area contributed by atoms with Crippen LogP contribution in [0.5, 0.6) is 0 Å². The van der Waals surface area contributed by atoms with Gasteiger partial charge in [-0.05, 0) is 57.9 Å². The predicted molar refractivity (Wildman–Crippen MR) is 102 cm³/mol. The van der Waals surface area contributed by atoms with E-state index in [1.165, 1.54) is 20.0 Å². The molecule has 27 heavy (non-hydrogen) atoms. The average Bonchev–Trinajstić information content (AvgIpc) is 2.47. The number of amides is 1. The molecule has 150 valence electrons. The Morgan fingerprint density at radius 3 is 2.67 bits per heavy atom. The zero-order valence-corrected chi connectivity index (χ0v) is 16.6. The van der Waals surface area contributed by atoms with Crippen LogP contribution in [-0.4, -0.2) is 51.1 Å². The van der Waals surface area contributed by atoms with Gasteiger partial charge < -0.3 is 20.8 Å². The quantitative estimate of drug-likeness (QED) is 0.552. The van der Waals surface area contributed by atoms with Gasteiger partial charge in [0.2, 0.25) is 0 Å². The Labute approximate surface area is 163 Å². The Hall–Kier alpha value is -1.44. The first-order valence-corrected chi connectivity index (χ1v) is 9.56. The number of carbonyl (C=O) groups excluding carboxylic acids is 1. The zero-order valence-electron chi connectivity index (χ0n) is 15.9. The van der Waals surface area contributed by atoms with Crippen molar-refractivity contribution in [1.29, 1.82) is 0 Å². The normalized spacial score (nSPS) is 31.0. The second kappa shape index (κ2) is 6.87. The molecule has 2 aliphatic carbocycles. The van der Waals surface area contributed by atoms with Crippen molar-refractivity contribution in [2.45, 2.75) is 69.9 Å². The summed E-state index contributed by atoms with van der Waals surface area (Å²) in [6, 6.07) is 1.78. The van der Waals surface area contributed by atoms with Gasteiger partial charge in [-0.15, -0.1) is 0 Å². The van der Waals surface area contributed by atoms with E-state index in [2.05, 4.69) is 15.6 Å². The van der Waals surface area contributed by atoms with Crippen molar-refractivity contribution < 1.29 is 19.4 Å². The number of alkyl halides is 1. The number of halogens is 2. The first-order chi connectivity index (χ1) is 12.4. The molecular weight excluding hydrogens is 373 g/mol. The lowest BCUT2D eigenvalue weighted by atomic mass is 9.48. The predicted octanol–water partition coefficient (Wildman–Crippen LogP) is 2.68.